The third-order valence-corrected chi connectivity index (χ3v) is 3.14. The SMILES string of the molecule is Cc1ncccc1CN1CCC(N)CC1.Cl. The summed E-state index contributed by atoms with van der Waals surface area (Å²) >= 11 is 0. The Morgan fingerprint density at radius 3 is 2.75 bits per heavy atom. The van der Waals surface area contributed by atoms with Crippen LogP contribution in [0, 0.1) is 6.92 Å². The zero-order valence-electron chi connectivity index (χ0n) is 9.72. The maximum Gasteiger partial charge on any atom is 0.0417 e. The number of pyridine rings is 1. The van der Waals surface area contributed by atoms with Gasteiger partial charge in [0, 0.05) is 24.5 Å². The number of aryl methyl sites for hydroxylation is 1. The summed E-state index contributed by atoms with van der Waals surface area (Å²) in [5, 5.41) is 0. The van der Waals surface area contributed by atoms with Gasteiger partial charge in [0.05, 0.1) is 0 Å². The predicted octanol–water partition coefficient (Wildman–Crippen LogP) is 1.73. The van der Waals surface area contributed by atoms with Crippen molar-refractivity contribution in [2.24, 2.45) is 5.73 Å². The van der Waals surface area contributed by atoms with E-state index in [-0.39, 0.29) is 12.4 Å². The van der Waals surface area contributed by atoms with Crippen LogP contribution in [0.2, 0.25) is 0 Å². The van der Waals surface area contributed by atoms with E-state index in [1.807, 2.05) is 12.3 Å². The Kier molecular flexibility index (Phi) is 5.19. The van der Waals surface area contributed by atoms with Crippen LogP contribution in [0.1, 0.15) is 24.1 Å². The van der Waals surface area contributed by atoms with Crippen molar-refractivity contribution in [2.45, 2.75) is 32.4 Å². The molecular formula is C12H20ClN3. The van der Waals surface area contributed by atoms with Crippen LogP contribution in [0.4, 0.5) is 0 Å². The molecular weight excluding hydrogens is 222 g/mol. The van der Waals surface area contributed by atoms with Gasteiger partial charge in [-0.25, -0.2) is 0 Å². The molecule has 1 aromatic heterocycles. The molecule has 1 fully saturated rings. The van der Waals surface area contributed by atoms with E-state index in [2.05, 4.69) is 22.9 Å². The Morgan fingerprint density at radius 2 is 2.12 bits per heavy atom. The summed E-state index contributed by atoms with van der Waals surface area (Å²) in [7, 11) is 0. The van der Waals surface area contributed by atoms with E-state index in [1.54, 1.807) is 0 Å². The number of rotatable bonds is 2. The first-order valence-electron chi connectivity index (χ1n) is 5.64. The minimum Gasteiger partial charge on any atom is -0.328 e. The molecule has 0 saturated carbocycles. The number of piperidine rings is 1. The van der Waals surface area contributed by atoms with Gasteiger partial charge in [-0.15, -0.1) is 12.4 Å². The Morgan fingerprint density at radius 1 is 1.44 bits per heavy atom. The molecule has 1 aliphatic rings. The van der Waals surface area contributed by atoms with Crippen molar-refractivity contribution in [3.8, 4) is 0 Å². The van der Waals surface area contributed by atoms with E-state index in [4.69, 9.17) is 5.73 Å². The highest BCUT2D eigenvalue weighted by atomic mass is 35.5. The van der Waals surface area contributed by atoms with Gasteiger partial charge in [-0.1, -0.05) is 6.07 Å². The van der Waals surface area contributed by atoms with Crippen molar-refractivity contribution >= 4 is 12.4 Å². The molecule has 16 heavy (non-hydrogen) atoms. The molecule has 2 N–H and O–H groups in total. The summed E-state index contributed by atoms with van der Waals surface area (Å²) in [5.74, 6) is 0. The third kappa shape index (κ3) is 3.44. The number of aromatic nitrogens is 1. The zero-order valence-corrected chi connectivity index (χ0v) is 10.5. The monoisotopic (exact) mass is 241 g/mol. The number of hydrogen-bond donors (Lipinski definition) is 1. The summed E-state index contributed by atoms with van der Waals surface area (Å²) in [4.78, 5) is 6.77. The molecule has 90 valence electrons. The second-order valence-electron chi connectivity index (χ2n) is 4.36. The molecule has 0 amide bonds. The first-order valence-corrected chi connectivity index (χ1v) is 5.64. The van der Waals surface area contributed by atoms with Crippen molar-refractivity contribution in [1.29, 1.82) is 0 Å². The van der Waals surface area contributed by atoms with E-state index in [9.17, 15) is 0 Å². The molecule has 3 nitrogen and oxygen atoms in total. The third-order valence-electron chi connectivity index (χ3n) is 3.14. The molecule has 0 spiro atoms. The first-order chi connectivity index (χ1) is 7.25. The van der Waals surface area contributed by atoms with Gasteiger partial charge in [-0.3, -0.25) is 9.88 Å². The molecule has 0 bridgehead atoms. The lowest BCUT2D eigenvalue weighted by atomic mass is 10.1. The molecule has 0 aliphatic carbocycles. The smallest absolute Gasteiger partial charge is 0.0417 e. The number of likely N-dealkylation sites (tertiary alicyclic amines) is 1. The number of hydrogen-bond acceptors (Lipinski definition) is 3. The van der Waals surface area contributed by atoms with Gasteiger partial charge in [-0.05, 0) is 44.5 Å². The van der Waals surface area contributed by atoms with Gasteiger partial charge < -0.3 is 5.73 Å². The topological polar surface area (TPSA) is 42.2 Å². The van der Waals surface area contributed by atoms with Crippen LogP contribution in [0.15, 0.2) is 18.3 Å². The summed E-state index contributed by atoms with van der Waals surface area (Å²) in [6, 6.07) is 4.59. The molecule has 0 atom stereocenters. The summed E-state index contributed by atoms with van der Waals surface area (Å²) < 4.78 is 0. The Bertz CT molecular complexity index is 322. The van der Waals surface area contributed by atoms with E-state index >= 15 is 0 Å². The van der Waals surface area contributed by atoms with Gasteiger partial charge in [0.1, 0.15) is 0 Å². The highest BCUT2D eigenvalue weighted by Gasteiger charge is 2.16. The van der Waals surface area contributed by atoms with Crippen molar-refractivity contribution in [1.82, 2.24) is 9.88 Å². The average Bonchev–Trinajstić information content (AvgIpc) is 2.25. The van der Waals surface area contributed by atoms with Gasteiger partial charge >= 0.3 is 0 Å². The van der Waals surface area contributed by atoms with Crippen molar-refractivity contribution in [3.05, 3.63) is 29.6 Å². The lowest BCUT2D eigenvalue weighted by Gasteiger charge is -2.30. The molecule has 0 unspecified atom stereocenters. The fourth-order valence-electron chi connectivity index (χ4n) is 2.04. The van der Waals surface area contributed by atoms with E-state index in [0.717, 1.165) is 38.2 Å². The zero-order chi connectivity index (χ0) is 10.7. The minimum absolute atomic E-state index is 0. The molecule has 2 rings (SSSR count). The van der Waals surface area contributed by atoms with E-state index in [1.165, 1.54) is 5.56 Å². The van der Waals surface area contributed by atoms with Crippen molar-refractivity contribution in [3.63, 3.8) is 0 Å². The average molecular weight is 242 g/mol. The molecule has 2 heterocycles. The highest BCUT2D eigenvalue weighted by Crippen LogP contribution is 2.13. The molecule has 1 aromatic rings. The number of nitrogens with zero attached hydrogens (tertiary/aromatic N) is 2. The Balaban J connectivity index is 0.00000128. The molecule has 1 saturated heterocycles. The molecule has 0 aromatic carbocycles. The Hall–Kier alpha value is -0.640. The summed E-state index contributed by atoms with van der Waals surface area (Å²) in [6.07, 6.45) is 4.10. The van der Waals surface area contributed by atoms with Gasteiger partial charge in [0.2, 0.25) is 0 Å². The van der Waals surface area contributed by atoms with Gasteiger partial charge in [0.15, 0.2) is 0 Å². The fourth-order valence-corrected chi connectivity index (χ4v) is 2.04. The number of nitrogens with two attached hydrogens (primary N) is 1. The lowest BCUT2D eigenvalue weighted by Crippen LogP contribution is -2.39. The van der Waals surface area contributed by atoms with Gasteiger partial charge in [0.25, 0.3) is 0 Å². The second-order valence-corrected chi connectivity index (χ2v) is 4.36. The fraction of sp³-hybridized carbons (Fsp3) is 0.583. The first kappa shape index (κ1) is 13.4. The largest absolute Gasteiger partial charge is 0.328 e. The molecule has 1 aliphatic heterocycles. The number of halogens is 1. The standard InChI is InChI=1S/C12H19N3.ClH/c1-10-11(3-2-6-14-10)9-15-7-4-12(13)5-8-15;/h2-3,6,12H,4-5,7-9,13H2,1H3;1H. The highest BCUT2D eigenvalue weighted by molar-refractivity contribution is 5.85. The van der Waals surface area contributed by atoms with Gasteiger partial charge in [-0.2, -0.15) is 0 Å². The van der Waals surface area contributed by atoms with Crippen molar-refractivity contribution in [2.75, 3.05) is 13.1 Å². The van der Waals surface area contributed by atoms with Crippen LogP contribution in [-0.4, -0.2) is 29.0 Å². The Labute approximate surface area is 103 Å². The summed E-state index contributed by atoms with van der Waals surface area (Å²) in [6.45, 7) is 5.34. The van der Waals surface area contributed by atoms with E-state index < -0.39 is 0 Å². The van der Waals surface area contributed by atoms with E-state index in [0.29, 0.717) is 6.04 Å². The van der Waals surface area contributed by atoms with Crippen LogP contribution < -0.4 is 5.73 Å². The maximum atomic E-state index is 5.88. The van der Waals surface area contributed by atoms with Crippen LogP contribution in [0.3, 0.4) is 0 Å². The molecule has 4 heteroatoms. The second kappa shape index (κ2) is 6.18. The quantitative estimate of drug-likeness (QED) is 0.858. The maximum absolute atomic E-state index is 5.88. The van der Waals surface area contributed by atoms with Crippen LogP contribution in [-0.2, 0) is 6.54 Å². The van der Waals surface area contributed by atoms with Crippen LogP contribution in [0.25, 0.3) is 0 Å². The van der Waals surface area contributed by atoms with Crippen LogP contribution in [0.5, 0.6) is 0 Å². The van der Waals surface area contributed by atoms with Crippen LogP contribution >= 0.6 is 12.4 Å². The minimum atomic E-state index is 0. The molecule has 0 radical (unpaired) electrons. The normalized spacial score (nSPS) is 18.1. The lowest BCUT2D eigenvalue weighted by molar-refractivity contribution is 0.205. The van der Waals surface area contributed by atoms with Crippen molar-refractivity contribution < 1.29 is 0 Å². The predicted molar refractivity (Wildman–Crippen MR) is 68.7 cm³/mol. The summed E-state index contributed by atoms with van der Waals surface area (Å²) in [5.41, 5.74) is 8.37.